The molecule has 16 heavy (non-hydrogen) atoms. The van der Waals surface area contributed by atoms with E-state index in [9.17, 15) is 22.0 Å². The van der Waals surface area contributed by atoms with E-state index in [4.69, 9.17) is 0 Å². The van der Waals surface area contributed by atoms with Crippen LogP contribution in [-0.4, -0.2) is 12.1 Å². The highest BCUT2D eigenvalue weighted by molar-refractivity contribution is 14.1. The third kappa shape index (κ3) is 2.71. The van der Waals surface area contributed by atoms with Gasteiger partial charge in [0.2, 0.25) is 0 Å². The number of nitrogens with zero attached hydrogens (tertiary/aromatic N) is 1. The van der Waals surface area contributed by atoms with Gasteiger partial charge in [-0.3, -0.25) is 0 Å². The van der Waals surface area contributed by atoms with Crippen LogP contribution in [0.15, 0.2) is 6.07 Å². The lowest BCUT2D eigenvalue weighted by atomic mass is 10.2. The van der Waals surface area contributed by atoms with E-state index >= 15 is 0 Å². The molecule has 2 nitrogen and oxygen atoms in total. The van der Waals surface area contributed by atoms with E-state index in [1.807, 2.05) is 0 Å². The Bertz CT molecular complexity index is 393. The van der Waals surface area contributed by atoms with Crippen LogP contribution in [-0.2, 0) is 6.18 Å². The van der Waals surface area contributed by atoms with E-state index < -0.39 is 24.0 Å². The number of alkyl halides is 5. The lowest BCUT2D eigenvalue weighted by Gasteiger charge is -2.12. The Labute approximate surface area is 101 Å². The molecule has 0 amide bonds. The molecule has 0 aromatic carbocycles. The predicted octanol–water partition coefficient (Wildman–Crippen LogP) is 3.65. The summed E-state index contributed by atoms with van der Waals surface area (Å²) >= 11 is 1.49. The van der Waals surface area contributed by atoms with E-state index in [0.717, 1.165) is 7.11 Å². The maximum atomic E-state index is 12.4. The number of methoxy groups -OCH3 is 1. The van der Waals surface area contributed by atoms with Crippen molar-refractivity contribution in [2.45, 2.75) is 12.6 Å². The van der Waals surface area contributed by atoms with Crippen molar-refractivity contribution in [1.29, 1.82) is 0 Å². The topological polar surface area (TPSA) is 22.1 Å². The second kappa shape index (κ2) is 4.68. The maximum absolute atomic E-state index is 12.4. The molecule has 0 bridgehead atoms. The van der Waals surface area contributed by atoms with Gasteiger partial charge in [0, 0.05) is 0 Å². The number of ether oxygens (including phenoxy) is 1. The average Bonchev–Trinajstić information content (AvgIpc) is 2.14. The van der Waals surface area contributed by atoms with Crippen LogP contribution in [0.2, 0.25) is 0 Å². The highest BCUT2D eigenvalue weighted by atomic mass is 127. The minimum absolute atomic E-state index is 0.0577. The molecule has 8 heteroatoms. The van der Waals surface area contributed by atoms with Crippen molar-refractivity contribution in [2.75, 3.05) is 7.11 Å². The van der Waals surface area contributed by atoms with Crippen molar-refractivity contribution >= 4 is 22.6 Å². The van der Waals surface area contributed by atoms with Gasteiger partial charge in [-0.05, 0) is 28.7 Å². The summed E-state index contributed by atoms with van der Waals surface area (Å²) in [5, 5.41) is 0. The number of pyridine rings is 1. The van der Waals surface area contributed by atoms with E-state index in [2.05, 4.69) is 9.72 Å². The Balaban J connectivity index is 3.40. The van der Waals surface area contributed by atoms with Gasteiger partial charge in [-0.2, -0.15) is 13.2 Å². The van der Waals surface area contributed by atoms with E-state index in [0.29, 0.717) is 6.07 Å². The first-order valence-corrected chi connectivity index (χ1v) is 4.95. The minimum atomic E-state index is -4.75. The fraction of sp³-hybridized carbons (Fsp3) is 0.375. The summed E-state index contributed by atoms with van der Waals surface area (Å²) in [6.07, 6.45) is -7.87. The Kier molecular flexibility index (Phi) is 3.92. The van der Waals surface area contributed by atoms with Crippen LogP contribution < -0.4 is 4.74 Å². The van der Waals surface area contributed by atoms with Gasteiger partial charge in [-0.15, -0.1) is 0 Å². The molecule has 0 spiro atoms. The van der Waals surface area contributed by atoms with Crippen LogP contribution >= 0.6 is 22.6 Å². The largest absolute Gasteiger partial charge is 0.493 e. The summed E-state index contributed by atoms with van der Waals surface area (Å²) in [4.78, 5) is 2.87. The van der Waals surface area contributed by atoms with Crippen molar-refractivity contribution in [3.8, 4) is 5.75 Å². The first kappa shape index (κ1) is 13.4. The van der Waals surface area contributed by atoms with Gasteiger partial charge in [0.25, 0.3) is 6.43 Å². The lowest BCUT2D eigenvalue weighted by Crippen LogP contribution is -2.11. The molecule has 1 aromatic rings. The van der Waals surface area contributed by atoms with Crippen LogP contribution in [0.1, 0.15) is 17.8 Å². The van der Waals surface area contributed by atoms with Gasteiger partial charge in [-0.25, -0.2) is 13.8 Å². The van der Waals surface area contributed by atoms with Gasteiger partial charge in [0.15, 0.2) is 5.75 Å². The third-order valence-electron chi connectivity index (χ3n) is 1.66. The van der Waals surface area contributed by atoms with Crippen LogP contribution in [0, 0.1) is 3.57 Å². The highest BCUT2D eigenvalue weighted by Gasteiger charge is 2.35. The molecule has 0 aliphatic rings. The molecule has 0 aliphatic heterocycles. The zero-order valence-electron chi connectivity index (χ0n) is 7.78. The van der Waals surface area contributed by atoms with Crippen molar-refractivity contribution in [2.24, 2.45) is 0 Å². The Hall–Kier alpha value is -0.670. The van der Waals surface area contributed by atoms with Crippen molar-refractivity contribution in [3.63, 3.8) is 0 Å². The second-order valence-corrected chi connectivity index (χ2v) is 3.87. The smallest absolute Gasteiger partial charge is 0.433 e. The first-order valence-electron chi connectivity index (χ1n) is 3.87. The third-order valence-corrected chi connectivity index (χ3v) is 2.46. The minimum Gasteiger partial charge on any atom is -0.493 e. The molecule has 0 fully saturated rings. The SMILES string of the molecule is COc1c(I)cc(C(F)(F)F)nc1C(F)F. The Morgan fingerprint density at radius 1 is 1.38 bits per heavy atom. The number of hydrogen-bond acceptors (Lipinski definition) is 2. The molecular formula is C8H5F5INO. The molecule has 90 valence electrons. The van der Waals surface area contributed by atoms with Crippen LogP contribution in [0.3, 0.4) is 0 Å². The molecule has 0 radical (unpaired) electrons. The molecule has 1 heterocycles. The Morgan fingerprint density at radius 3 is 2.31 bits per heavy atom. The van der Waals surface area contributed by atoms with Gasteiger partial charge >= 0.3 is 6.18 Å². The summed E-state index contributed by atoms with van der Waals surface area (Å²) in [6, 6.07) is 0.658. The van der Waals surface area contributed by atoms with E-state index in [-0.39, 0.29) is 9.32 Å². The van der Waals surface area contributed by atoms with Gasteiger partial charge in [0.1, 0.15) is 11.4 Å². The molecule has 1 rings (SSSR count). The van der Waals surface area contributed by atoms with Crippen molar-refractivity contribution < 1.29 is 26.7 Å². The van der Waals surface area contributed by atoms with Crippen LogP contribution in [0.4, 0.5) is 22.0 Å². The molecular weight excluding hydrogens is 348 g/mol. The normalized spacial score (nSPS) is 12.0. The van der Waals surface area contributed by atoms with E-state index in [1.165, 1.54) is 22.6 Å². The predicted molar refractivity (Wildman–Crippen MR) is 53.5 cm³/mol. The fourth-order valence-corrected chi connectivity index (χ4v) is 1.81. The summed E-state index contributed by atoms with van der Waals surface area (Å²) in [5.74, 6) is -0.330. The summed E-state index contributed by atoms with van der Waals surface area (Å²) < 4.78 is 66.3. The maximum Gasteiger partial charge on any atom is 0.433 e. The van der Waals surface area contributed by atoms with Crippen molar-refractivity contribution in [3.05, 3.63) is 21.0 Å². The quantitative estimate of drug-likeness (QED) is 0.598. The molecule has 0 atom stereocenters. The number of hydrogen-bond donors (Lipinski definition) is 0. The standard InChI is InChI=1S/C8H5F5INO/c1-16-6-3(14)2-4(8(11,12)13)15-5(6)7(9)10/h2,7H,1H3. The fourth-order valence-electron chi connectivity index (χ4n) is 1.02. The molecule has 0 N–H and O–H groups in total. The summed E-state index contributed by atoms with van der Waals surface area (Å²) in [5.41, 5.74) is -2.35. The molecule has 1 aromatic heterocycles. The summed E-state index contributed by atoms with van der Waals surface area (Å²) in [6.45, 7) is 0. The average molecular weight is 353 g/mol. The highest BCUT2D eigenvalue weighted by Crippen LogP contribution is 2.36. The first-order chi connectivity index (χ1) is 7.27. The number of rotatable bonds is 2. The molecule has 0 aliphatic carbocycles. The summed E-state index contributed by atoms with van der Waals surface area (Å²) in [7, 11) is 1.10. The molecule has 0 unspecified atom stereocenters. The lowest BCUT2D eigenvalue weighted by molar-refractivity contribution is -0.141. The van der Waals surface area contributed by atoms with Gasteiger partial charge in [0.05, 0.1) is 10.7 Å². The van der Waals surface area contributed by atoms with Crippen LogP contribution in [0.25, 0.3) is 0 Å². The number of halogens is 6. The van der Waals surface area contributed by atoms with Crippen LogP contribution in [0.5, 0.6) is 5.75 Å². The number of aromatic nitrogens is 1. The van der Waals surface area contributed by atoms with Gasteiger partial charge in [-0.1, -0.05) is 0 Å². The zero-order valence-corrected chi connectivity index (χ0v) is 9.94. The second-order valence-electron chi connectivity index (χ2n) is 2.71. The Morgan fingerprint density at radius 2 is 1.94 bits per heavy atom. The van der Waals surface area contributed by atoms with Gasteiger partial charge < -0.3 is 4.74 Å². The molecule has 0 saturated carbocycles. The van der Waals surface area contributed by atoms with Crippen molar-refractivity contribution in [1.82, 2.24) is 4.98 Å². The van der Waals surface area contributed by atoms with E-state index in [1.54, 1.807) is 0 Å². The monoisotopic (exact) mass is 353 g/mol. The molecule has 0 saturated heterocycles. The zero-order chi connectivity index (χ0) is 12.5.